The van der Waals surface area contributed by atoms with E-state index in [9.17, 15) is 4.39 Å². The fraction of sp³-hybridized carbons (Fsp3) is 0.150. The molecule has 0 bridgehead atoms. The number of thiazole rings is 1. The number of aromatic amines is 1. The van der Waals surface area contributed by atoms with Crippen LogP contribution in [0.2, 0.25) is 0 Å². The Labute approximate surface area is 175 Å². The van der Waals surface area contributed by atoms with Crippen molar-refractivity contribution in [3.8, 4) is 33.5 Å². The molecule has 0 unspecified atom stereocenters. The second-order valence-corrected chi connectivity index (χ2v) is 7.75. The Balaban J connectivity index is 1.45. The Morgan fingerprint density at radius 3 is 2.69 bits per heavy atom. The van der Waals surface area contributed by atoms with Crippen LogP contribution in [-0.4, -0.2) is 34.4 Å². The molecule has 0 amide bonds. The summed E-state index contributed by atoms with van der Waals surface area (Å²) in [5, 5.41) is 10.4. The van der Waals surface area contributed by atoms with Crippen molar-refractivity contribution in [2.24, 2.45) is 0 Å². The van der Waals surface area contributed by atoms with Crippen molar-refractivity contribution in [1.82, 2.24) is 20.2 Å². The third kappa shape index (κ3) is 4.25. The summed E-state index contributed by atoms with van der Waals surface area (Å²) in [6, 6.07) is 12.2. The average molecular weight is 429 g/mol. The summed E-state index contributed by atoms with van der Waals surface area (Å²) in [7, 11) is 3.22. The first kappa shape index (κ1) is 19.4. The van der Waals surface area contributed by atoms with Gasteiger partial charge >= 0.3 is 0 Å². The summed E-state index contributed by atoms with van der Waals surface area (Å²) in [4.78, 5) is 9.05. The van der Waals surface area contributed by atoms with E-state index in [2.05, 4.69) is 20.2 Å². The predicted octanol–water partition coefficient (Wildman–Crippen LogP) is 5.04. The van der Waals surface area contributed by atoms with E-state index in [4.69, 9.17) is 9.47 Å². The SMILES string of the molecule is COc1ccc(-c2nc(CSc3n[nH]c(-c4ccccc4F)n3)cs2)cc1OC. The molecule has 0 aliphatic rings. The molecule has 0 saturated heterocycles. The fourth-order valence-electron chi connectivity index (χ4n) is 2.70. The van der Waals surface area contributed by atoms with E-state index >= 15 is 0 Å². The van der Waals surface area contributed by atoms with Crippen LogP contribution in [0.4, 0.5) is 4.39 Å². The Hall–Kier alpha value is -2.91. The second-order valence-electron chi connectivity index (χ2n) is 5.95. The molecule has 2 heterocycles. The zero-order valence-electron chi connectivity index (χ0n) is 15.7. The fourth-order valence-corrected chi connectivity index (χ4v) is 4.31. The van der Waals surface area contributed by atoms with Crippen LogP contribution in [0.25, 0.3) is 22.0 Å². The summed E-state index contributed by atoms with van der Waals surface area (Å²) < 4.78 is 24.5. The standard InChI is InChI=1S/C20H17FN4O2S2/c1-26-16-8-7-12(9-17(16)27-2)19-22-13(10-28-19)11-29-20-23-18(24-25-20)14-5-3-4-6-15(14)21/h3-10H,11H2,1-2H3,(H,23,24,25). The minimum absolute atomic E-state index is 0.334. The van der Waals surface area contributed by atoms with Crippen LogP contribution in [0.5, 0.6) is 11.5 Å². The molecule has 1 N–H and O–H groups in total. The Morgan fingerprint density at radius 2 is 1.90 bits per heavy atom. The smallest absolute Gasteiger partial charge is 0.209 e. The van der Waals surface area contributed by atoms with Crippen molar-refractivity contribution in [3.63, 3.8) is 0 Å². The van der Waals surface area contributed by atoms with E-state index in [0.717, 1.165) is 16.3 Å². The number of H-pyrrole nitrogens is 1. The Kier molecular flexibility index (Phi) is 5.77. The molecule has 0 aliphatic heterocycles. The molecule has 0 saturated carbocycles. The van der Waals surface area contributed by atoms with Crippen molar-refractivity contribution in [3.05, 3.63) is 59.4 Å². The molecular formula is C20H17FN4O2S2. The first-order valence-corrected chi connectivity index (χ1v) is 10.5. The third-order valence-corrected chi connectivity index (χ3v) is 5.95. The number of benzene rings is 2. The van der Waals surface area contributed by atoms with E-state index in [1.54, 1.807) is 43.8 Å². The highest BCUT2D eigenvalue weighted by atomic mass is 32.2. The van der Waals surface area contributed by atoms with Gasteiger partial charge in [0.2, 0.25) is 5.16 Å². The van der Waals surface area contributed by atoms with E-state index in [1.165, 1.54) is 17.8 Å². The van der Waals surface area contributed by atoms with Crippen molar-refractivity contribution in [2.45, 2.75) is 10.9 Å². The molecule has 0 atom stereocenters. The van der Waals surface area contributed by atoms with Gasteiger partial charge in [-0.1, -0.05) is 23.9 Å². The van der Waals surface area contributed by atoms with Crippen LogP contribution in [0.15, 0.2) is 53.0 Å². The molecule has 148 valence electrons. The lowest BCUT2D eigenvalue weighted by Crippen LogP contribution is -1.91. The first-order valence-electron chi connectivity index (χ1n) is 8.65. The van der Waals surface area contributed by atoms with Gasteiger partial charge in [-0.25, -0.2) is 14.4 Å². The quantitative estimate of drug-likeness (QED) is 0.416. The number of hydrogen-bond donors (Lipinski definition) is 1. The summed E-state index contributed by atoms with van der Waals surface area (Å²) >= 11 is 3.00. The van der Waals surface area contributed by atoms with Crippen LogP contribution in [-0.2, 0) is 5.75 Å². The lowest BCUT2D eigenvalue weighted by molar-refractivity contribution is 0.355. The molecule has 29 heavy (non-hydrogen) atoms. The highest BCUT2D eigenvalue weighted by molar-refractivity contribution is 7.98. The highest BCUT2D eigenvalue weighted by Gasteiger charge is 2.12. The summed E-state index contributed by atoms with van der Waals surface area (Å²) in [5.41, 5.74) is 2.28. The van der Waals surface area contributed by atoms with Gasteiger partial charge < -0.3 is 9.47 Å². The summed E-state index contributed by atoms with van der Waals surface area (Å²) in [6.45, 7) is 0. The third-order valence-electron chi connectivity index (χ3n) is 4.13. The van der Waals surface area contributed by atoms with Gasteiger partial charge in [0.15, 0.2) is 17.3 Å². The number of aromatic nitrogens is 4. The highest BCUT2D eigenvalue weighted by Crippen LogP contribution is 2.34. The molecule has 9 heteroatoms. The van der Waals surface area contributed by atoms with Crippen molar-refractivity contribution in [1.29, 1.82) is 0 Å². The van der Waals surface area contributed by atoms with E-state index in [-0.39, 0.29) is 5.82 Å². The van der Waals surface area contributed by atoms with E-state index in [1.807, 2.05) is 23.6 Å². The molecule has 0 fully saturated rings. The number of thioether (sulfide) groups is 1. The molecule has 0 radical (unpaired) electrons. The molecule has 6 nitrogen and oxygen atoms in total. The lowest BCUT2D eigenvalue weighted by atomic mass is 10.2. The Morgan fingerprint density at radius 1 is 1.07 bits per heavy atom. The maximum atomic E-state index is 13.9. The number of halogens is 1. The number of rotatable bonds is 7. The van der Waals surface area contributed by atoms with Crippen molar-refractivity contribution >= 4 is 23.1 Å². The van der Waals surface area contributed by atoms with Gasteiger partial charge in [-0.3, -0.25) is 5.10 Å². The number of ether oxygens (including phenoxy) is 2. The normalized spacial score (nSPS) is 10.9. The van der Waals surface area contributed by atoms with Gasteiger partial charge in [0.05, 0.1) is 25.5 Å². The van der Waals surface area contributed by atoms with Gasteiger partial charge in [0.25, 0.3) is 0 Å². The average Bonchev–Trinajstić information content (AvgIpc) is 3.42. The largest absolute Gasteiger partial charge is 0.493 e. The zero-order chi connectivity index (χ0) is 20.2. The zero-order valence-corrected chi connectivity index (χ0v) is 17.3. The molecule has 2 aromatic carbocycles. The first-order chi connectivity index (χ1) is 14.2. The van der Waals surface area contributed by atoms with Gasteiger partial charge in [-0.15, -0.1) is 16.4 Å². The van der Waals surface area contributed by atoms with Crippen LogP contribution in [0.1, 0.15) is 5.69 Å². The second kappa shape index (κ2) is 8.62. The molecular weight excluding hydrogens is 411 g/mol. The van der Waals surface area contributed by atoms with Gasteiger partial charge in [0.1, 0.15) is 10.8 Å². The molecule has 4 aromatic rings. The monoisotopic (exact) mass is 428 g/mol. The number of hydrogen-bond acceptors (Lipinski definition) is 7. The van der Waals surface area contributed by atoms with Crippen LogP contribution >= 0.6 is 23.1 Å². The lowest BCUT2D eigenvalue weighted by Gasteiger charge is -2.08. The van der Waals surface area contributed by atoms with E-state index < -0.39 is 0 Å². The minimum Gasteiger partial charge on any atom is -0.493 e. The molecule has 2 aromatic heterocycles. The Bertz CT molecular complexity index is 1130. The van der Waals surface area contributed by atoms with Gasteiger partial charge in [0, 0.05) is 16.7 Å². The van der Waals surface area contributed by atoms with Crippen LogP contribution < -0.4 is 9.47 Å². The van der Waals surface area contributed by atoms with Crippen LogP contribution in [0.3, 0.4) is 0 Å². The molecule has 0 spiro atoms. The summed E-state index contributed by atoms with van der Waals surface area (Å²) in [5.74, 6) is 2.03. The van der Waals surface area contributed by atoms with Crippen LogP contribution in [0, 0.1) is 5.82 Å². The topological polar surface area (TPSA) is 72.9 Å². The summed E-state index contributed by atoms with van der Waals surface area (Å²) in [6.07, 6.45) is 0. The van der Waals surface area contributed by atoms with E-state index in [0.29, 0.717) is 33.8 Å². The van der Waals surface area contributed by atoms with Gasteiger partial charge in [-0.05, 0) is 30.3 Å². The number of nitrogens with one attached hydrogen (secondary N) is 1. The molecule has 0 aliphatic carbocycles. The van der Waals surface area contributed by atoms with Crippen molar-refractivity contribution in [2.75, 3.05) is 14.2 Å². The molecule has 4 rings (SSSR count). The van der Waals surface area contributed by atoms with Crippen molar-refractivity contribution < 1.29 is 13.9 Å². The predicted molar refractivity (Wildman–Crippen MR) is 112 cm³/mol. The number of nitrogens with zero attached hydrogens (tertiary/aromatic N) is 3. The minimum atomic E-state index is -0.334. The number of methoxy groups -OCH3 is 2. The maximum Gasteiger partial charge on any atom is 0.209 e. The van der Waals surface area contributed by atoms with Gasteiger partial charge in [-0.2, -0.15) is 0 Å². The maximum absolute atomic E-state index is 13.9.